The highest BCUT2D eigenvalue weighted by Crippen LogP contribution is 2.13. The van der Waals surface area contributed by atoms with Crippen LogP contribution in [0.3, 0.4) is 0 Å². The van der Waals surface area contributed by atoms with E-state index in [1.807, 2.05) is 36.4 Å². The fraction of sp³-hybridized carbons (Fsp3) is 0.222. The van der Waals surface area contributed by atoms with Gasteiger partial charge in [0, 0.05) is 13.6 Å². The quantitative estimate of drug-likeness (QED) is 0.302. The first-order chi connectivity index (χ1) is 18.3. The normalized spacial score (nSPS) is 11.8. The molecule has 3 N–H and O–H groups in total. The van der Waals surface area contributed by atoms with Crippen LogP contribution in [-0.2, 0) is 37.5 Å². The number of rotatable bonds is 12. The second-order valence-corrected chi connectivity index (χ2v) is 10.4. The Balaban J connectivity index is 1.61. The van der Waals surface area contributed by atoms with Crippen LogP contribution >= 0.6 is 0 Å². The molecule has 38 heavy (non-hydrogen) atoms. The number of nitrogens with one attached hydrogen (secondary N) is 3. The van der Waals surface area contributed by atoms with E-state index >= 15 is 0 Å². The zero-order valence-corrected chi connectivity index (χ0v) is 21.7. The van der Waals surface area contributed by atoms with Gasteiger partial charge in [-0.1, -0.05) is 78.9 Å². The molecular formula is C27H30N4O6S. The molecule has 3 aromatic carbocycles. The topological polar surface area (TPSA) is 134 Å². The number of nitrogens with zero attached hydrogens (tertiary/aromatic N) is 1. The fourth-order valence-electron chi connectivity index (χ4n) is 3.36. The minimum absolute atomic E-state index is 0.0332. The lowest BCUT2D eigenvalue weighted by atomic mass is 10.2. The van der Waals surface area contributed by atoms with Gasteiger partial charge in [0.05, 0.1) is 18.0 Å². The summed E-state index contributed by atoms with van der Waals surface area (Å²) in [4.78, 5) is 37.9. The molecule has 3 amide bonds. The molecule has 0 radical (unpaired) electrons. The number of ether oxygens (including phenoxy) is 1. The molecule has 11 heteroatoms. The Morgan fingerprint density at radius 3 is 1.97 bits per heavy atom. The van der Waals surface area contributed by atoms with Gasteiger partial charge in [0.2, 0.25) is 15.9 Å². The van der Waals surface area contributed by atoms with Crippen LogP contribution in [0.15, 0.2) is 95.9 Å². The first-order valence-corrected chi connectivity index (χ1v) is 13.3. The predicted octanol–water partition coefficient (Wildman–Crippen LogP) is 2.03. The molecular weight excluding hydrogens is 508 g/mol. The first kappa shape index (κ1) is 28.4. The van der Waals surface area contributed by atoms with Crippen molar-refractivity contribution >= 4 is 27.9 Å². The summed E-state index contributed by atoms with van der Waals surface area (Å²) in [5, 5.41) is 7.70. The van der Waals surface area contributed by atoms with E-state index in [1.165, 1.54) is 19.2 Å². The predicted molar refractivity (Wildman–Crippen MR) is 141 cm³/mol. The van der Waals surface area contributed by atoms with Crippen molar-refractivity contribution in [2.75, 3.05) is 20.1 Å². The second kappa shape index (κ2) is 13.9. The Morgan fingerprint density at radius 1 is 0.816 bits per heavy atom. The third kappa shape index (κ3) is 8.71. The lowest BCUT2D eigenvalue weighted by Crippen LogP contribution is -2.52. The number of carbonyl (C=O) groups excluding carboxylic acids is 3. The number of hydrogen-bond donors (Lipinski definition) is 3. The molecule has 0 aliphatic rings. The van der Waals surface area contributed by atoms with Crippen molar-refractivity contribution in [1.82, 2.24) is 20.3 Å². The Kier molecular flexibility index (Phi) is 10.4. The second-order valence-electron chi connectivity index (χ2n) is 8.34. The number of carbonyl (C=O) groups is 3. The fourth-order valence-corrected chi connectivity index (χ4v) is 4.51. The van der Waals surface area contributed by atoms with Crippen molar-refractivity contribution in [3.05, 3.63) is 102 Å². The summed E-state index contributed by atoms with van der Waals surface area (Å²) in [5.74, 6) is -1.51. The Hall–Kier alpha value is -4.22. The molecule has 0 bridgehead atoms. The molecule has 3 rings (SSSR count). The maximum Gasteiger partial charge on any atom is 0.330 e. The van der Waals surface area contributed by atoms with E-state index in [2.05, 4.69) is 16.0 Å². The van der Waals surface area contributed by atoms with Crippen LogP contribution in [0.5, 0.6) is 0 Å². The van der Waals surface area contributed by atoms with Gasteiger partial charge in [-0.25, -0.2) is 18.0 Å². The highest BCUT2D eigenvalue weighted by atomic mass is 32.2. The number of sulfonamides is 1. The molecule has 0 aromatic heterocycles. The van der Waals surface area contributed by atoms with Crippen LogP contribution < -0.4 is 16.0 Å². The average Bonchev–Trinajstić information content (AvgIpc) is 2.94. The Bertz CT molecular complexity index is 1310. The third-order valence-electron chi connectivity index (χ3n) is 5.42. The van der Waals surface area contributed by atoms with Gasteiger partial charge in [-0.05, 0) is 23.3 Å². The van der Waals surface area contributed by atoms with E-state index in [0.717, 1.165) is 15.4 Å². The molecule has 0 aliphatic carbocycles. The maximum atomic E-state index is 12.8. The van der Waals surface area contributed by atoms with Crippen LogP contribution in [0.25, 0.3) is 0 Å². The lowest BCUT2D eigenvalue weighted by Gasteiger charge is -2.21. The van der Waals surface area contributed by atoms with E-state index in [-0.39, 0.29) is 24.6 Å². The van der Waals surface area contributed by atoms with E-state index in [9.17, 15) is 22.8 Å². The summed E-state index contributed by atoms with van der Waals surface area (Å²) >= 11 is 0. The molecule has 0 spiro atoms. The van der Waals surface area contributed by atoms with Gasteiger partial charge in [-0.3, -0.25) is 4.79 Å². The molecule has 0 heterocycles. The van der Waals surface area contributed by atoms with Crippen LogP contribution in [-0.4, -0.2) is 56.8 Å². The molecule has 0 saturated carbocycles. The summed E-state index contributed by atoms with van der Waals surface area (Å²) in [6.07, 6.45) is 0. The van der Waals surface area contributed by atoms with Crippen LogP contribution in [0.2, 0.25) is 0 Å². The number of urea groups is 1. The van der Waals surface area contributed by atoms with Crippen molar-refractivity contribution in [2.24, 2.45) is 0 Å². The van der Waals surface area contributed by atoms with Gasteiger partial charge in [0.1, 0.15) is 12.6 Å². The molecule has 3 aromatic rings. The summed E-state index contributed by atoms with van der Waals surface area (Å²) in [6.45, 7) is -0.576. The number of hydrogen-bond acceptors (Lipinski definition) is 6. The zero-order chi connectivity index (χ0) is 27.4. The zero-order valence-electron chi connectivity index (χ0n) is 20.9. The third-order valence-corrected chi connectivity index (χ3v) is 7.24. The van der Waals surface area contributed by atoms with Gasteiger partial charge in [0.15, 0.2) is 0 Å². The number of amides is 3. The Morgan fingerprint density at radius 2 is 1.37 bits per heavy atom. The van der Waals surface area contributed by atoms with Crippen LogP contribution in [0.4, 0.5) is 4.79 Å². The smallest absolute Gasteiger partial charge is 0.330 e. The Labute approximate surface area is 222 Å². The summed E-state index contributed by atoms with van der Waals surface area (Å²) < 4.78 is 31.7. The van der Waals surface area contributed by atoms with Crippen molar-refractivity contribution < 1.29 is 27.5 Å². The van der Waals surface area contributed by atoms with Crippen molar-refractivity contribution in [3.63, 3.8) is 0 Å². The number of likely N-dealkylation sites (N-methyl/N-ethyl adjacent to an activating group) is 1. The molecule has 0 fully saturated rings. The number of benzene rings is 3. The van der Waals surface area contributed by atoms with Crippen molar-refractivity contribution in [2.45, 2.75) is 24.1 Å². The molecule has 200 valence electrons. The van der Waals surface area contributed by atoms with E-state index in [4.69, 9.17) is 4.74 Å². The highest BCUT2D eigenvalue weighted by Gasteiger charge is 2.27. The maximum absolute atomic E-state index is 12.8. The van der Waals surface area contributed by atoms with Crippen LogP contribution in [0, 0.1) is 0 Å². The van der Waals surface area contributed by atoms with Gasteiger partial charge in [-0.15, -0.1) is 0 Å². The van der Waals surface area contributed by atoms with Gasteiger partial charge in [-0.2, -0.15) is 4.31 Å². The molecule has 0 unspecified atom stereocenters. The SMILES string of the molecule is CN(CC(=O)N[C@@H](CNC(=O)NCc1ccccc1)C(=O)OCc1ccccc1)S(=O)(=O)c1ccccc1. The van der Waals surface area contributed by atoms with E-state index < -0.39 is 40.5 Å². The largest absolute Gasteiger partial charge is 0.459 e. The van der Waals surface area contributed by atoms with Crippen LogP contribution in [0.1, 0.15) is 11.1 Å². The average molecular weight is 539 g/mol. The van der Waals surface area contributed by atoms with E-state index in [0.29, 0.717) is 0 Å². The number of esters is 1. The van der Waals surface area contributed by atoms with Gasteiger partial charge < -0.3 is 20.7 Å². The van der Waals surface area contributed by atoms with Crippen molar-refractivity contribution in [3.8, 4) is 0 Å². The van der Waals surface area contributed by atoms with Gasteiger partial charge in [0.25, 0.3) is 0 Å². The molecule has 0 aliphatic heterocycles. The molecule has 0 saturated heterocycles. The summed E-state index contributed by atoms with van der Waals surface area (Å²) in [6, 6.07) is 24.1. The first-order valence-electron chi connectivity index (χ1n) is 11.8. The van der Waals surface area contributed by atoms with E-state index in [1.54, 1.807) is 42.5 Å². The van der Waals surface area contributed by atoms with Crippen molar-refractivity contribution in [1.29, 1.82) is 0 Å². The minimum Gasteiger partial charge on any atom is -0.459 e. The lowest BCUT2D eigenvalue weighted by molar-refractivity contribution is -0.149. The standard InChI is InChI=1S/C27H30N4O6S/c1-31(38(35,36)23-15-9-4-10-16-23)19-25(32)30-24(26(33)37-20-22-13-7-3-8-14-22)18-29-27(34)28-17-21-11-5-2-6-12-21/h2-16,24H,17-20H2,1H3,(H,30,32)(H2,28,29,34)/t24-/m0/s1. The summed E-state index contributed by atoms with van der Waals surface area (Å²) in [5.41, 5.74) is 1.63. The minimum atomic E-state index is -3.92. The molecule has 1 atom stereocenters. The highest BCUT2D eigenvalue weighted by molar-refractivity contribution is 7.89. The summed E-state index contributed by atoms with van der Waals surface area (Å²) in [7, 11) is -2.66. The van der Waals surface area contributed by atoms with Gasteiger partial charge >= 0.3 is 12.0 Å². The monoisotopic (exact) mass is 538 g/mol. The molecule has 10 nitrogen and oxygen atoms in total.